The van der Waals surface area contributed by atoms with Crippen molar-refractivity contribution >= 4 is 0 Å². The Morgan fingerprint density at radius 2 is 1.86 bits per heavy atom. The lowest BCUT2D eigenvalue weighted by atomic mass is 9.91. The van der Waals surface area contributed by atoms with E-state index in [1.54, 1.807) is 0 Å². The van der Waals surface area contributed by atoms with Gasteiger partial charge in [-0.3, -0.25) is 4.68 Å². The van der Waals surface area contributed by atoms with Gasteiger partial charge < -0.3 is 9.88 Å². The highest BCUT2D eigenvalue weighted by molar-refractivity contribution is 5.35. The molecule has 1 saturated heterocycles. The standard InChI is InChI=1S/C17H26N4/c1-12-6-7-13(2)20(12)16-10-15(17(3,4)5)21(19-16)14-8-9-18-11-14/h6-7,10,14,18H,8-9,11H2,1-5H3/t14-/m0/s1. The third-order valence-corrected chi connectivity index (χ3v) is 4.37. The molecule has 0 spiro atoms. The summed E-state index contributed by atoms with van der Waals surface area (Å²) in [4.78, 5) is 0. The van der Waals surface area contributed by atoms with Crippen molar-refractivity contribution in [1.29, 1.82) is 0 Å². The van der Waals surface area contributed by atoms with Crippen LogP contribution in [0.2, 0.25) is 0 Å². The maximum absolute atomic E-state index is 4.96. The molecule has 0 bridgehead atoms. The number of rotatable bonds is 2. The molecular formula is C17H26N4. The Balaban J connectivity index is 2.12. The fourth-order valence-electron chi connectivity index (χ4n) is 3.21. The number of aromatic nitrogens is 3. The smallest absolute Gasteiger partial charge is 0.159 e. The molecule has 21 heavy (non-hydrogen) atoms. The van der Waals surface area contributed by atoms with Gasteiger partial charge in [-0.15, -0.1) is 0 Å². The molecule has 0 aromatic carbocycles. The maximum atomic E-state index is 4.96. The van der Waals surface area contributed by atoms with Crippen LogP contribution in [0, 0.1) is 13.8 Å². The van der Waals surface area contributed by atoms with Crippen LogP contribution in [0.1, 0.15) is 50.3 Å². The lowest BCUT2D eigenvalue weighted by molar-refractivity contribution is 0.423. The average molecular weight is 286 g/mol. The van der Waals surface area contributed by atoms with E-state index in [0.29, 0.717) is 6.04 Å². The van der Waals surface area contributed by atoms with Gasteiger partial charge in [0.25, 0.3) is 0 Å². The van der Waals surface area contributed by atoms with Crippen molar-refractivity contribution < 1.29 is 0 Å². The first-order valence-electron chi connectivity index (χ1n) is 7.84. The molecule has 0 saturated carbocycles. The Morgan fingerprint density at radius 1 is 1.19 bits per heavy atom. The molecule has 1 aliphatic heterocycles. The second-order valence-electron chi connectivity index (χ2n) is 7.18. The quantitative estimate of drug-likeness (QED) is 0.920. The lowest BCUT2D eigenvalue weighted by Gasteiger charge is -2.23. The molecule has 3 rings (SSSR count). The average Bonchev–Trinajstić information content (AvgIpc) is 3.07. The monoisotopic (exact) mass is 286 g/mol. The van der Waals surface area contributed by atoms with Crippen LogP contribution < -0.4 is 5.32 Å². The molecular weight excluding hydrogens is 260 g/mol. The maximum Gasteiger partial charge on any atom is 0.159 e. The summed E-state index contributed by atoms with van der Waals surface area (Å²) in [6.07, 6.45) is 1.16. The molecule has 1 N–H and O–H groups in total. The van der Waals surface area contributed by atoms with Crippen LogP contribution in [0.3, 0.4) is 0 Å². The SMILES string of the molecule is Cc1ccc(C)n1-c1cc(C(C)(C)C)n([C@H]2CCNC2)n1. The minimum Gasteiger partial charge on any atom is -0.315 e. The van der Waals surface area contributed by atoms with Crippen molar-refractivity contribution in [3.05, 3.63) is 35.3 Å². The molecule has 3 heterocycles. The summed E-state index contributed by atoms with van der Waals surface area (Å²) in [5, 5.41) is 8.41. The molecule has 4 nitrogen and oxygen atoms in total. The van der Waals surface area contributed by atoms with E-state index < -0.39 is 0 Å². The third-order valence-electron chi connectivity index (χ3n) is 4.37. The van der Waals surface area contributed by atoms with Gasteiger partial charge in [-0.25, -0.2) is 0 Å². The fraction of sp³-hybridized carbons (Fsp3) is 0.588. The molecule has 4 heteroatoms. The predicted molar refractivity (Wildman–Crippen MR) is 86.3 cm³/mol. The van der Waals surface area contributed by atoms with E-state index in [-0.39, 0.29) is 5.41 Å². The Kier molecular flexibility index (Phi) is 3.44. The summed E-state index contributed by atoms with van der Waals surface area (Å²) in [6, 6.07) is 7.05. The van der Waals surface area contributed by atoms with Gasteiger partial charge in [0, 0.05) is 35.1 Å². The van der Waals surface area contributed by atoms with E-state index in [1.807, 2.05) is 0 Å². The second kappa shape index (κ2) is 5.02. The van der Waals surface area contributed by atoms with E-state index in [1.165, 1.54) is 17.1 Å². The van der Waals surface area contributed by atoms with Crippen LogP contribution in [0.4, 0.5) is 0 Å². The first-order chi connectivity index (χ1) is 9.88. The fourth-order valence-corrected chi connectivity index (χ4v) is 3.21. The molecule has 0 radical (unpaired) electrons. The zero-order chi connectivity index (χ0) is 15.2. The zero-order valence-electron chi connectivity index (χ0n) is 13.8. The van der Waals surface area contributed by atoms with E-state index in [9.17, 15) is 0 Å². The first kappa shape index (κ1) is 14.4. The van der Waals surface area contributed by atoms with Crippen LogP contribution in [0.15, 0.2) is 18.2 Å². The minimum absolute atomic E-state index is 0.100. The summed E-state index contributed by atoms with van der Waals surface area (Å²) >= 11 is 0. The Bertz CT molecular complexity index is 617. The summed E-state index contributed by atoms with van der Waals surface area (Å²) < 4.78 is 4.50. The molecule has 0 aliphatic carbocycles. The molecule has 1 aliphatic rings. The Hall–Kier alpha value is -1.55. The molecule has 1 atom stereocenters. The van der Waals surface area contributed by atoms with Crippen LogP contribution in [0.25, 0.3) is 5.82 Å². The van der Waals surface area contributed by atoms with Crippen LogP contribution in [-0.4, -0.2) is 27.4 Å². The predicted octanol–water partition coefficient (Wildman–Crippen LogP) is 3.12. The largest absolute Gasteiger partial charge is 0.315 e. The van der Waals surface area contributed by atoms with E-state index in [2.05, 4.69) is 67.4 Å². The van der Waals surface area contributed by atoms with E-state index in [4.69, 9.17) is 5.10 Å². The Morgan fingerprint density at radius 3 is 2.38 bits per heavy atom. The van der Waals surface area contributed by atoms with Crippen molar-refractivity contribution in [1.82, 2.24) is 19.7 Å². The summed E-state index contributed by atoms with van der Waals surface area (Å²) in [5.41, 5.74) is 3.89. The summed E-state index contributed by atoms with van der Waals surface area (Å²) in [7, 11) is 0. The Labute approximate surface area is 127 Å². The molecule has 2 aromatic heterocycles. The molecule has 0 unspecified atom stereocenters. The highest BCUT2D eigenvalue weighted by Crippen LogP contribution is 2.29. The van der Waals surface area contributed by atoms with E-state index >= 15 is 0 Å². The number of hydrogen-bond donors (Lipinski definition) is 1. The lowest BCUT2D eigenvalue weighted by Crippen LogP contribution is -2.23. The number of nitrogens with zero attached hydrogens (tertiary/aromatic N) is 3. The van der Waals surface area contributed by atoms with Gasteiger partial charge in [0.05, 0.1) is 6.04 Å². The summed E-state index contributed by atoms with van der Waals surface area (Å²) in [6.45, 7) is 13.2. The normalized spacial score (nSPS) is 19.4. The van der Waals surface area contributed by atoms with Gasteiger partial charge in [-0.2, -0.15) is 5.10 Å². The highest BCUT2D eigenvalue weighted by Gasteiger charge is 2.27. The minimum atomic E-state index is 0.100. The molecule has 2 aromatic rings. The van der Waals surface area contributed by atoms with Crippen molar-refractivity contribution in [3.8, 4) is 5.82 Å². The first-order valence-corrected chi connectivity index (χ1v) is 7.84. The molecule has 1 fully saturated rings. The van der Waals surface area contributed by atoms with Gasteiger partial charge in [0.2, 0.25) is 0 Å². The summed E-state index contributed by atoms with van der Waals surface area (Å²) in [5.74, 6) is 1.05. The van der Waals surface area contributed by atoms with Crippen molar-refractivity contribution in [2.24, 2.45) is 0 Å². The van der Waals surface area contributed by atoms with Gasteiger partial charge in [-0.05, 0) is 38.9 Å². The molecule has 0 amide bonds. The van der Waals surface area contributed by atoms with Gasteiger partial charge >= 0.3 is 0 Å². The number of nitrogens with one attached hydrogen (secondary N) is 1. The third kappa shape index (κ3) is 2.53. The number of hydrogen-bond acceptors (Lipinski definition) is 2. The van der Waals surface area contributed by atoms with Crippen molar-refractivity contribution in [2.45, 2.75) is 52.5 Å². The van der Waals surface area contributed by atoms with E-state index in [0.717, 1.165) is 25.3 Å². The van der Waals surface area contributed by atoms with Crippen molar-refractivity contribution in [2.75, 3.05) is 13.1 Å². The highest BCUT2D eigenvalue weighted by atomic mass is 15.4. The van der Waals surface area contributed by atoms with Crippen LogP contribution in [-0.2, 0) is 5.41 Å². The second-order valence-corrected chi connectivity index (χ2v) is 7.18. The van der Waals surface area contributed by atoms with Crippen LogP contribution in [0.5, 0.6) is 0 Å². The van der Waals surface area contributed by atoms with Crippen LogP contribution >= 0.6 is 0 Å². The molecule has 114 valence electrons. The zero-order valence-corrected chi connectivity index (χ0v) is 13.8. The number of aryl methyl sites for hydroxylation is 2. The van der Waals surface area contributed by atoms with Crippen molar-refractivity contribution in [3.63, 3.8) is 0 Å². The van der Waals surface area contributed by atoms with Gasteiger partial charge in [-0.1, -0.05) is 20.8 Å². The topological polar surface area (TPSA) is 34.8 Å². The van der Waals surface area contributed by atoms with Gasteiger partial charge in [0.1, 0.15) is 0 Å². The van der Waals surface area contributed by atoms with Gasteiger partial charge in [0.15, 0.2) is 5.82 Å².